The minimum Gasteiger partial charge on any atom is -0.396 e. The summed E-state index contributed by atoms with van der Waals surface area (Å²) in [6, 6.07) is 0.130. The molecule has 20 heavy (non-hydrogen) atoms. The van der Waals surface area contributed by atoms with Crippen LogP contribution >= 0.6 is 0 Å². The SMILES string of the molecule is CCN(C1CCCC1)S(=O)(=O)c1cnn(CCCO)c1. The highest BCUT2D eigenvalue weighted by molar-refractivity contribution is 7.89. The number of aliphatic hydroxyl groups excluding tert-OH is 1. The summed E-state index contributed by atoms with van der Waals surface area (Å²) in [5, 5.41) is 12.9. The molecular weight excluding hydrogens is 278 g/mol. The lowest BCUT2D eigenvalue weighted by Gasteiger charge is -2.25. The molecule has 7 heteroatoms. The Morgan fingerprint density at radius 2 is 2.15 bits per heavy atom. The predicted molar refractivity (Wildman–Crippen MR) is 75.8 cm³/mol. The first kappa shape index (κ1) is 15.5. The van der Waals surface area contributed by atoms with Gasteiger partial charge < -0.3 is 5.11 Å². The zero-order chi connectivity index (χ0) is 14.6. The van der Waals surface area contributed by atoms with Crippen LogP contribution in [0.4, 0.5) is 0 Å². The van der Waals surface area contributed by atoms with Crippen molar-refractivity contribution in [2.45, 2.75) is 56.5 Å². The van der Waals surface area contributed by atoms with Crippen molar-refractivity contribution in [3.8, 4) is 0 Å². The van der Waals surface area contributed by atoms with Gasteiger partial charge in [0.15, 0.2) is 0 Å². The molecule has 1 heterocycles. The van der Waals surface area contributed by atoms with E-state index in [0.29, 0.717) is 19.5 Å². The van der Waals surface area contributed by atoms with Crippen LogP contribution in [0.1, 0.15) is 39.0 Å². The standard InChI is InChI=1S/C13H23N3O3S/c1-2-16(12-6-3-4-7-12)20(18,19)13-10-14-15(11-13)8-5-9-17/h10-12,17H,2-9H2,1H3. The molecule has 1 aliphatic carbocycles. The van der Waals surface area contributed by atoms with Gasteiger partial charge in [0.1, 0.15) is 4.90 Å². The van der Waals surface area contributed by atoms with E-state index in [2.05, 4.69) is 5.10 Å². The Balaban J connectivity index is 2.17. The van der Waals surface area contributed by atoms with E-state index < -0.39 is 10.0 Å². The van der Waals surface area contributed by atoms with Gasteiger partial charge in [0.05, 0.1) is 6.20 Å². The van der Waals surface area contributed by atoms with E-state index in [1.807, 2.05) is 6.92 Å². The maximum absolute atomic E-state index is 12.7. The molecule has 6 nitrogen and oxygen atoms in total. The Labute approximate surface area is 120 Å². The molecule has 0 unspecified atom stereocenters. The van der Waals surface area contributed by atoms with E-state index in [4.69, 9.17) is 5.11 Å². The predicted octanol–water partition coefficient (Wildman–Crippen LogP) is 1.22. The van der Waals surface area contributed by atoms with Crippen LogP contribution in [0.25, 0.3) is 0 Å². The minimum absolute atomic E-state index is 0.0745. The summed E-state index contributed by atoms with van der Waals surface area (Å²) in [5.74, 6) is 0. The van der Waals surface area contributed by atoms with Gasteiger partial charge in [-0.05, 0) is 19.3 Å². The highest BCUT2D eigenvalue weighted by atomic mass is 32.2. The van der Waals surface area contributed by atoms with Gasteiger partial charge in [0.2, 0.25) is 10.0 Å². The monoisotopic (exact) mass is 301 g/mol. The number of hydrogen-bond donors (Lipinski definition) is 1. The molecule has 0 aliphatic heterocycles. The third-order valence-electron chi connectivity index (χ3n) is 3.81. The number of nitrogens with zero attached hydrogens (tertiary/aromatic N) is 3. The summed E-state index contributed by atoms with van der Waals surface area (Å²) in [6.07, 6.45) is 7.64. The lowest BCUT2D eigenvalue weighted by molar-refractivity contribution is 0.277. The van der Waals surface area contributed by atoms with Crippen molar-refractivity contribution in [2.24, 2.45) is 0 Å². The van der Waals surface area contributed by atoms with Crippen LogP contribution in [-0.4, -0.2) is 46.8 Å². The first-order chi connectivity index (χ1) is 9.59. The second kappa shape index (κ2) is 6.69. The Morgan fingerprint density at radius 1 is 1.45 bits per heavy atom. The molecule has 1 saturated carbocycles. The maximum Gasteiger partial charge on any atom is 0.246 e. The quantitative estimate of drug-likeness (QED) is 0.821. The molecule has 1 N–H and O–H groups in total. The van der Waals surface area contributed by atoms with Gasteiger partial charge in [-0.3, -0.25) is 4.68 Å². The van der Waals surface area contributed by atoms with Crippen molar-refractivity contribution in [3.63, 3.8) is 0 Å². The highest BCUT2D eigenvalue weighted by Crippen LogP contribution is 2.28. The molecule has 0 atom stereocenters. The van der Waals surface area contributed by atoms with E-state index in [0.717, 1.165) is 25.7 Å². The number of aliphatic hydroxyl groups is 1. The lowest BCUT2D eigenvalue weighted by atomic mass is 10.2. The smallest absolute Gasteiger partial charge is 0.246 e. The average Bonchev–Trinajstić information content (AvgIpc) is 3.08. The Kier molecular flexibility index (Phi) is 5.17. The fourth-order valence-corrected chi connectivity index (χ4v) is 4.43. The number of aryl methyl sites for hydroxylation is 1. The molecule has 0 radical (unpaired) electrons. The number of hydrogen-bond acceptors (Lipinski definition) is 4. The van der Waals surface area contributed by atoms with Crippen molar-refractivity contribution in [2.75, 3.05) is 13.2 Å². The normalized spacial score (nSPS) is 17.1. The summed E-state index contributed by atoms with van der Waals surface area (Å²) >= 11 is 0. The Morgan fingerprint density at radius 3 is 2.75 bits per heavy atom. The Hall–Kier alpha value is -0.920. The van der Waals surface area contributed by atoms with Crippen LogP contribution in [0.5, 0.6) is 0 Å². The summed E-state index contributed by atoms with van der Waals surface area (Å²) in [5.41, 5.74) is 0. The minimum atomic E-state index is -3.45. The summed E-state index contributed by atoms with van der Waals surface area (Å²) < 4.78 is 28.5. The van der Waals surface area contributed by atoms with Crippen LogP contribution < -0.4 is 0 Å². The topological polar surface area (TPSA) is 75.4 Å². The number of rotatable bonds is 7. The van der Waals surface area contributed by atoms with Crippen LogP contribution in [-0.2, 0) is 16.6 Å². The zero-order valence-corrected chi connectivity index (χ0v) is 12.7. The highest BCUT2D eigenvalue weighted by Gasteiger charge is 2.32. The molecule has 0 aromatic carbocycles. The van der Waals surface area contributed by atoms with Crippen molar-refractivity contribution in [1.29, 1.82) is 0 Å². The molecule has 1 aromatic rings. The van der Waals surface area contributed by atoms with Gasteiger partial charge in [0.25, 0.3) is 0 Å². The maximum atomic E-state index is 12.7. The fraction of sp³-hybridized carbons (Fsp3) is 0.769. The molecule has 0 saturated heterocycles. The molecule has 2 rings (SSSR count). The van der Waals surface area contributed by atoms with Crippen molar-refractivity contribution in [1.82, 2.24) is 14.1 Å². The summed E-state index contributed by atoms with van der Waals surface area (Å²) in [6.45, 7) is 2.98. The van der Waals surface area contributed by atoms with Crippen LogP contribution in [0.2, 0.25) is 0 Å². The van der Waals surface area contributed by atoms with Crippen molar-refractivity contribution in [3.05, 3.63) is 12.4 Å². The van der Waals surface area contributed by atoms with Gasteiger partial charge >= 0.3 is 0 Å². The van der Waals surface area contributed by atoms with Crippen molar-refractivity contribution >= 4 is 10.0 Å². The van der Waals surface area contributed by atoms with E-state index in [9.17, 15) is 8.42 Å². The Bertz CT molecular complexity index is 521. The summed E-state index contributed by atoms with van der Waals surface area (Å²) in [7, 11) is -3.45. The molecule has 0 amide bonds. The van der Waals surface area contributed by atoms with Crippen LogP contribution in [0, 0.1) is 0 Å². The second-order valence-corrected chi connectivity index (χ2v) is 7.05. The fourth-order valence-electron chi connectivity index (χ4n) is 2.78. The van der Waals surface area contributed by atoms with E-state index >= 15 is 0 Å². The van der Waals surface area contributed by atoms with Gasteiger partial charge in [-0.25, -0.2) is 8.42 Å². The van der Waals surface area contributed by atoms with Crippen LogP contribution in [0.3, 0.4) is 0 Å². The largest absolute Gasteiger partial charge is 0.396 e. The summed E-state index contributed by atoms with van der Waals surface area (Å²) in [4.78, 5) is 0.254. The van der Waals surface area contributed by atoms with Gasteiger partial charge in [0, 0.05) is 31.9 Å². The lowest BCUT2D eigenvalue weighted by Crippen LogP contribution is -2.38. The molecule has 0 spiro atoms. The first-order valence-electron chi connectivity index (χ1n) is 7.24. The van der Waals surface area contributed by atoms with Crippen LogP contribution in [0.15, 0.2) is 17.3 Å². The van der Waals surface area contributed by atoms with Gasteiger partial charge in [-0.2, -0.15) is 9.40 Å². The molecule has 0 bridgehead atoms. The van der Waals surface area contributed by atoms with Gasteiger partial charge in [-0.15, -0.1) is 0 Å². The zero-order valence-electron chi connectivity index (χ0n) is 11.9. The molecule has 1 aliphatic rings. The van der Waals surface area contributed by atoms with E-state index in [1.54, 1.807) is 15.2 Å². The van der Waals surface area contributed by atoms with E-state index in [-0.39, 0.29) is 17.5 Å². The number of sulfonamides is 1. The average molecular weight is 301 g/mol. The third-order valence-corrected chi connectivity index (χ3v) is 5.79. The molecule has 1 aromatic heterocycles. The third kappa shape index (κ3) is 3.21. The van der Waals surface area contributed by atoms with Gasteiger partial charge in [-0.1, -0.05) is 19.8 Å². The number of aromatic nitrogens is 2. The second-order valence-electron chi connectivity index (χ2n) is 5.16. The van der Waals surface area contributed by atoms with Crippen molar-refractivity contribution < 1.29 is 13.5 Å². The van der Waals surface area contributed by atoms with E-state index in [1.165, 1.54) is 6.20 Å². The molecule has 114 valence electrons. The first-order valence-corrected chi connectivity index (χ1v) is 8.68. The molecule has 1 fully saturated rings. The molecular formula is C13H23N3O3S.